The van der Waals surface area contributed by atoms with Crippen LogP contribution in [0, 0.1) is 5.82 Å². The minimum atomic E-state index is -0.618. The fourth-order valence-corrected chi connectivity index (χ4v) is 2.60. The smallest absolute Gasteiger partial charge is 0.274 e. The highest BCUT2D eigenvalue weighted by Gasteiger charge is 2.10. The van der Waals surface area contributed by atoms with Crippen molar-refractivity contribution in [1.29, 1.82) is 0 Å². The van der Waals surface area contributed by atoms with Gasteiger partial charge in [-0.1, -0.05) is 42.5 Å². The molecule has 0 aromatic heterocycles. The number of carbonyl (C=O) groups excluding carboxylic acids is 1. The van der Waals surface area contributed by atoms with Crippen molar-refractivity contribution in [3.63, 3.8) is 0 Å². The summed E-state index contributed by atoms with van der Waals surface area (Å²) in [7, 11) is 0. The lowest BCUT2D eigenvalue weighted by Gasteiger charge is -2.12. The summed E-state index contributed by atoms with van der Waals surface area (Å²) in [5.41, 5.74) is 4.01. The van der Waals surface area contributed by atoms with E-state index in [0.29, 0.717) is 30.3 Å². The van der Waals surface area contributed by atoms with Crippen LogP contribution in [0.4, 0.5) is 4.39 Å². The zero-order valence-electron chi connectivity index (χ0n) is 16.0. The van der Waals surface area contributed by atoms with Gasteiger partial charge in [0.1, 0.15) is 12.4 Å². The zero-order valence-corrected chi connectivity index (χ0v) is 16.0. The van der Waals surface area contributed by atoms with Crippen LogP contribution in [0.25, 0.3) is 0 Å². The fourth-order valence-electron chi connectivity index (χ4n) is 2.60. The normalized spacial score (nSPS) is 10.7. The molecule has 0 aliphatic heterocycles. The minimum Gasteiger partial charge on any atom is -0.490 e. The maximum absolute atomic E-state index is 13.6. The number of ether oxygens (including phenoxy) is 2. The molecule has 3 rings (SSSR count). The highest BCUT2D eigenvalue weighted by molar-refractivity contribution is 5.95. The van der Waals surface area contributed by atoms with Crippen molar-refractivity contribution < 1.29 is 18.7 Å². The van der Waals surface area contributed by atoms with E-state index in [-0.39, 0.29) is 5.56 Å². The topological polar surface area (TPSA) is 59.9 Å². The first-order valence-corrected chi connectivity index (χ1v) is 9.19. The van der Waals surface area contributed by atoms with Gasteiger partial charge in [0.15, 0.2) is 11.5 Å². The number of hydrogen-bond acceptors (Lipinski definition) is 4. The average Bonchev–Trinajstić information content (AvgIpc) is 2.74. The van der Waals surface area contributed by atoms with Gasteiger partial charge in [-0.3, -0.25) is 4.79 Å². The molecule has 0 saturated heterocycles. The van der Waals surface area contributed by atoms with Crippen molar-refractivity contribution in [3.8, 4) is 11.5 Å². The van der Waals surface area contributed by atoms with Crippen molar-refractivity contribution >= 4 is 12.1 Å². The molecule has 0 aliphatic carbocycles. The molecule has 0 unspecified atom stereocenters. The standard InChI is InChI=1S/C23H21FN2O3/c1-2-28-22-14-18(12-13-21(22)29-16-17-8-4-3-5-9-17)15-25-26-23(27)19-10-6-7-11-20(19)24/h3-15H,2,16H2,1H3,(H,26,27)/b25-15+. The molecule has 0 atom stereocenters. The molecular weight excluding hydrogens is 371 g/mol. The number of hydrazone groups is 1. The van der Waals surface area contributed by atoms with Crippen LogP contribution in [0.3, 0.4) is 0 Å². The number of halogens is 1. The Hall–Kier alpha value is -3.67. The molecule has 0 spiro atoms. The average molecular weight is 392 g/mol. The number of carbonyl (C=O) groups is 1. The van der Waals surface area contributed by atoms with Crippen molar-refractivity contribution in [1.82, 2.24) is 5.43 Å². The molecule has 1 amide bonds. The van der Waals surface area contributed by atoms with Crippen molar-refractivity contribution in [3.05, 3.63) is 95.3 Å². The van der Waals surface area contributed by atoms with Gasteiger partial charge in [0, 0.05) is 0 Å². The minimum absolute atomic E-state index is 0.0654. The molecule has 0 bridgehead atoms. The zero-order chi connectivity index (χ0) is 20.5. The molecular formula is C23H21FN2O3. The van der Waals surface area contributed by atoms with Crippen molar-refractivity contribution in [2.75, 3.05) is 6.61 Å². The summed E-state index contributed by atoms with van der Waals surface area (Å²) in [4.78, 5) is 12.0. The van der Waals surface area contributed by atoms with Crippen LogP contribution >= 0.6 is 0 Å². The monoisotopic (exact) mass is 392 g/mol. The number of amides is 1. The summed E-state index contributed by atoms with van der Waals surface area (Å²) in [5.74, 6) is -0.0259. The van der Waals surface area contributed by atoms with E-state index in [1.54, 1.807) is 24.3 Å². The van der Waals surface area contributed by atoms with Gasteiger partial charge in [-0.25, -0.2) is 9.82 Å². The molecule has 0 aliphatic rings. The number of hydrogen-bond donors (Lipinski definition) is 1. The van der Waals surface area contributed by atoms with Crippen LogP contribution in [-0.4, -0.2) is 18.7 Å². The second-order valence-electron chi connectivity index (χ2n) is 6.09. The summed E-state index contributed by atoms with van der Waals surface area (Å²) in [6, 6.07) is 20.9. The lowest BCUT2D eigenvalue weighted by Crippen LogP contribution is -2.18. The Kier molecular flexibility index (Phi) is 6.95. The molecule has 0 saturated carbocycles. The number of nitrogens with one attached hydrogen (secondary N) is 1. The van der Waals surface area contributed by atoms with Crippen LogP contribution in [0.1, 0.15) is 28.4 Å². The van der Waals surface area contributed by atoms with Gasteiger partial charge in [-0.15, -0.1) is 0 Å². The molecule has 0 fully saturated rings. The van der Waals surface area contributed by atoms with Gasteiger partial charge in [0.05, 0.1) is 18.4 Å². The van der Waals surface area contributed by atoms with E-state index in [4.69, 9.17) is 9.47 Å². The van der Waals surface area contributed by atoms with Crippen LogP contribution in [0.2, 0.25) is 0 Å². The van der Waals surface area contributed by atoms with Crippen LogP contribution in [-0.2, 0) is 6.61 Å². The quantitative estimate of drug-likeness (QED) is 0.451. The van der Waals surface area contributed by atoms with Gasteiger partial charge in [-0.2, -0.15) is 5.10 Å². The van der Waals surface area contributed by atoms with E-state index in [0.717, 1.165) is 5.56 Å². The van der Waals surface area contributed by atoms with E-state index in [2.05, 4.69) is 10.5 Å². The Morgan fingerprint density at radius 2 is 1.76 bits per heavy atom. The highest BCUT2D eigenvalue weighted by atomic mass is 19.1. The third-order valence-electron chi connectivity index (χ3n) is 4.00. The fraction of sp³-hybridized carbons (Fsp3) is 0.130. The summed E-state index contributed by atoms with van der Waals surface area (Å²) in [5, 5.41) is 3.90. The SMILES string of the molecule is CCOc1cc(/C=N/NC(=O)c2ccccc2F)ccc1OCc1ccccc1. The summed E-state index contributed by atoms with van der Waals surface area (Å²) < 4.78 is 25.1. The second kappa shape index (κ2) is 10.0. The molecule has 3 aromatic carbocycles. The molecule has 5 nitrogen and oxygen atoms in total. The van der Waals surface area contributed by atoms with Gasteiger partial charge in [-0.05, 0) is 48.4 Å². The molecule has 1 N–H and O–H groups in total. The van der Waals surface area contributed by atoms with Crippen molar-refractivity contribution in [2.45, 2.75) is 13.5 Å². The lowest BCUT2D eigenvalue weighted by atomic mass is 10.2. The third-order valence-corrected chi connectivity index (χ3v) is 4.00. The van der Waals surface area contributed by atoms with Gasteiger partial charge in [0.25, 0.3) is 5.91 Å². The van der Waals surface area contributed by atoms with Gasteiger partial charge >= 0.3 is 0 Å². The first-order chi connectivity index (χ1) is 14.2. The third kappa shape index (κ3) is 5.65. The number of benzene rings is 3. The summed E-state index contributed by atoms with van der Waals surface area (Å²) in [6.45, 7) is 2.79. The molecule has 0 radical (unpaired) electrons. The van der Waals surface area contributed by atoms with Crippen LogP contribution in [0.15, 0.2) is 77.9 Å². The van der Waals surface area contributed by atoms with E-state index in [9.17, 15) is 9.18 Å². The van der Waals surface area contributed by atoms with Crippen molar-refractivity contribution in [2.24, 2.45) is 5.10 Å². The Morgan fingerprint density at radius 1 is 1.00 bits per heavy atom. The number of rotatable bonds is 8. The Labute approximate surface area is 168 Å². The maximum Gasteiger partial charge on any atom is 0.274 e. The largest absolute Gasteiger partial charge is 0.490 e. The van der Waals surface area contributed by atoms with E-state index in [1.807, 2.05) is 37.3 Å². The molecule has 0 heterocycles. The highest BCUT2D eigenvalue weighted by Crippen LogP contribution is 2.28. The first kappa shape index (κ1) is 20.1. The first-order valence-electron chi connectivity index (χ1n) is 9.19. The Morgan fingerprint density at radius 3 is 2.52 bits per heavy atom. The van der Waals surface area contributed by atoms with E-state index < -0.39 is 11.7 Å². The van der Waals surface area contributed by atoms with Crippen LogP contribution < -0.4 is 14.9 Å². The number of nitrogens with zero attached hydrogens (tertiary/aromatic N) is 1. The van der Waals surface area contributed by atoms with Crippen LogP contribution in [0.5, 0.6) is 11.5 Å². The summed E-state index contributed by atoms with van der Waals surface area (Å²) in [6.07, 6.45) is 1.46. The maximum atomic E-state index is 13.6. The van der Waals surface area contributed by atoms with Gasteiger partial charge < -0.3 is 9.47 Å². The predicted molar refractivity (Wildman–Crippen MR) is 110 cm³/mol. The van der Waals surface area contributed by atoms with E-state index >= 15 is 0 Å². The van der Waals surface area contributed by atoms with E-state index in [1.165, 1.54) is 24.4 Å². The molecule has 29 heavy (non-hydrogen) atoms. The molecule has 3 aromatic rings. The lowest BCUT2D eigenvalue weighted by molar-refractivity contribution is 0.0951. The second-order valence-corrected chi connectivity index (χ2v) is 6.09. The predicted octanol–water partition coefficient (Wildman–Crippen LogP) is 4.57. The summed E-state index contributed by atoms with van der Waals surface area (Å²) >= 11 is 0. The Balaban J connectivity index is 1.66. The van der Waals surface area contributed by atoms with Gasteiger partial charge in [0.2, 0.25) is 0 Å². The molecule has 6 heteroatoms. The molecule has 148 valence electrons. The Bertz CT molecular complexity index is 990.